The van der Waals surface area contributed by atoms with Crippen molar-refractivity contribution in [2.24, 2.45) is 13.0 Å². The highest BCUT2D eigenvalue weighted by Crippen LogP contribution is 2.27. The van der Waals surface area contributed by atoms with Gasteiger partial charge in [-0.3, -0.25) is 0 Å². The normalized spacial score (nSPS) is 20.9. The summed E-state index contributed by atoms with van der Waals surface area (Å²) in [5.41, 5.74) is 2.04. The summed E-state index contributed by atoms with van der Waals surface area (Å²) in [6, 6.07) is 8.14. The van der Waals surface area contributed by atoms with E-state index in [1.165, 1.54) is 0 Å². The third-order valence-corrected chi connectivity index (χ3v) is 7.59. The first-order valence-corrected chi connectivity index (χ1v) is 11.2. The average Bonchev–Trinajstić information content (AvgIpc) is 3.06. The number of aryl methyl sites for hydroxylation is 1. The number of hydrogen-bond acceptors (Lipinski definition) is 6. The number of sulfonamides is 1. The van der Waals surface area contributed by atoms with Crippen molar-refractivity contribution in [3.05, 3.63) is 24.3 Å². The van der Waals surface area contributed by atoms with Crippen LogP contribution in [0.2, 0.25) is 0 Å². The lowest BCUT2D eigenvalue weighted by Crippen LogP contribution is -2.46. The van der Waals surface area contributed by atoms with Gasteiger partial charge in [-0.2, -0.15) is 0 Å². The smallest absolute Gasteiger partial charge is 0.216 e. The van der Waals surface area contributed by atoms with E-state index in [1.807, 2.05) is 31.3 Å². The molecule has 1 heterocycles. The second-order valence-electron chi connectivity index (χ2n) is 8.54. The summed E-state index contributed by atoms with van der Waals surface area (Å²) in [7, 11) is -1.46. The van der Waals surface area contributed by atoms with Gasteiger partial charge in [0, 0.05) is 30.9 Å². The lowest BCUT2D eigenvalue weighted by molar-refractivity contribution is 0.322. The molecule has 28 heavy (non-hydrogen) atoms. The van der Waals surface area contributed by atoms with Crippen molar-refractivity contribution < 1.29 is 8.42 Å². The van der Waals surface area contributed by atoms with E-state index in [4.69, 9.17) is 0 Å². The molecule has 9 heteroatoms. The Morgan fingerprint density at radius 3 is 2.29 bits per heavy atom. The standard InChI is InChI=1S/C19H30N6O2S/c1-19(2,3)28(26,27)22-17-9-5-14(6-10-17)13-20-16-11-7-15(8-12-16)18-21-23-24-25(18)4/h7-8,11-12,14,17,20,22H,5-6,9-10,13H2,1-4H3/t14-,17-. The fourth-order valence-corrected chi connectivity index (χ4v) is 4.38. The van der Waals surface area contributed by atoms with Gasteiger partial charge in [-0.05, 0) is 87.1 Å². The third-order valence-electron chi connectivity index (χ3n) is 5.33. The van der Waals surface area contributed by atoms with E-state index in [-0.39, 0.29) is 6.04 Å². The molecule has 0 spiro atoms. The van der Waals surface area contributed by atoms with Gasteiger partial charge in [-0.15, -0.1) is 5.10 Å². The molecule has 1 aromatic carbocycles. The molecule has 1 aromatic heterocycles. The highest BCUT2D eigenvalue weighted by Gasteiger charge is 2.32. The zero-order chi connectivity index (χ0) is 20.4. The largest absolute Gasteiger partial charge is 0.385 e. The molecule has 2 N–H and O–H groups in total. The van der Waals surface area contributed by atoms with Gasteiger partial charge < -0.3 is 5.32 Å². The van der Waals surface area contributed by atoms with Crippen LogP contribution in [-0.4, -0.2) is 46.0 Å². The Bertz CT molecular complexity index is 878. The molecule has 1 saturated carbocycles. The van der Waals surface area contributed by atoms with Crippen molar-refractivity contribution in [3.8, 4) is 11.4 Å². The monoisotopic (exact) mass is 406 g/mol. The van der Waals surface area contributed by atoms with E-state index in [9.17, 15) is 8.42 Å². The minimum Gasteiger partial charge on any atom is -0.385 e. The Hall–Kier alpha value is -2.00. The molecule has 8 nitrogen and oxygen atoms in total. The molecular formula is C19H30N6O2S. The SMILES string of the molecule is Cn1nnnc1-c1ccc(NC[C@H]2CC[C@H](NS(=O)(=O)C(C)(C)C)CC2)cc1. The molecule has 0 bridgehead atoms. The summed E-state index contributed by atoms with van der Waals surface area (Å²) >= 11 is 0. The Labute approximate surface area is 167 Å². The maximum Gasteiger partial charge on any atom is 0.216 e. The summed E-state index contributed by atoms with van der Waals surface area (Å²) in [5.74, 6) is 1.29. The minimum atomic E-state index is -3.28. The summed E-state index contributed by atoms with van der Waals surface area (Å²) in [6.45, 7) is 6.09. The lowest BCUT2D eigenvalue weighted by Gasteiger charge is -2.31. The molecule has 1 fully saturated rings. The molecule has 0 saturated heterocycles. The second-order valence-corrected chi connectivity index (χ2v) is 11.0. The van der Waals surface area contributed by atoms with E-state index >= 15 is 0 Å². The van der Waals surface area contributed by atoms with Gasteiger partial charge in [0.25, 0.3) is 0 Å². The van der Waals surface area contributed by atoms with Crippen LogP contribution in [0.15, 0.2) is 24.3 Å². The first kappa shape index (κ1) is 20.7. The van der Waals surface area contributed by atoms with Crippen molar-refractivity contribution in [1.29, 1.82) is 0 Å². The molecule has 154 valence electrons. The van der Waals surface area contributed by atoms with Gasteiger partial charge in [0.2, 0.25) is 10.0 Å². The summed E-state index contributed by atoms with van der Waals surface area (Å²) in [6.07, 6.45) is 3.82. The predicted molar refractivity (Wildman–Crippen MR) is 110 cm³/mol. The number of nitrogens with one attached hydrogen (secondary N) is 2. The molecule has 1 aliphatic rings. The third kappa shape index (κ3) is 4.88. The van der Waals surface area contributed by atoms with Gasteiger partial charge in [0.1, 0.15) is 0 Å². The Kier molecular flexibility index (Phi) is 6.04. The van der Waals surface area contributed by atoms with Gasteiger partial charge in [-0.25, -0.2) is 17.8 Å². The van der Waals surface area contributed by atoms with Crippen LogP contribution >= 0.6 is 0 Å². The van der Waals surface area contributed by atoms with Crippen LogP contribution in [0, 0.1) is 5.92 Å². The van der Waals surface area contributed by atoms with Crippen LogP contribution in [0.3, 0.4) is 0 Å². The molecule has 0 unspecified atom stereocenters. The van der Waals surface area contributed by atoms with Crippen molar-refractivity contribution >= 4 is 15.7 Å². The Morgan fingerprint density at radius 1 is 1.11 bits per heavy atom. The molecule has 0 radical (unpaired) electrons. The highest BCUT2D eigenvalue weighted by molar-refractivity contribution is 7.90. The number of aromatic nitrogens is 4. The van der Waals surface area contributed by atoms with Crippen LogP contribution in [0.4, 0.5) is 5.69 Å². The molecular weight excluding hydrogens is 376 g/mol. The summed E-state index contributed by atoms with van der Waals surface area (Å²) in [5, 5.41) is 15.0. The van der Waals surface area contributed by atoms with Crippen molar-refractivity contribution in [3.63, 3.8) is 0 Å². The van der Waals surface area contributed by atoms with Gasteiger partial charge in [0.05, 0.1) is 4.75 Å². The van der Waals surface area contributed by atoms with Gasteiger partial charge in [-0.1, -0.05) is 0 Å². The zero-order valence-corrected chi connectivity index (χ0v) is 17.8. The number of nitrogens with zero attached hydrogens (tertiary/aromatic N) is 4. The molecule has 2 aromatic rings. The Morgan fingerprint density at radius 2 is 1.75 bits per heavy atom. The number of tetrazole rings is 1. The molecule has 1 aliphatic carbocycles. The Balaban J connectivity index is 1.46. The van der Waals surface area contributed by atoms with Crippen molar-refractivity contribution in [2.45, 2.75) is 57.2 Å². The lowest BCUT2D eigenvalue weighted by atomic mass is 9.86. The van der Waals surface area contributed by atoms with Gasteiger partial charge in [0.15, 0.2) is 5.82 Å². The van der Waals surface area contributed by atoms with E-state index in [0.29, 0.717) is 5.92 Å². The topological polar surface area (TPSA) is 102 Å². The fraction of sp³-hybridized carbons (Fsp3) is 0.632. The first-order valence-electron chi connectivity index (χ1n) is 9.74. The molecule has 0 amide bonds. The summed E-state index contributed by atoms with van der Waals surface area (Å²) < 4.78 is 28.4. The van der Waals surface area contributed by atoms with Crippen LogP contribution in [0.5, 0.6) is 0 Å². The molecule has 0 atom stereocenters. The number of benzene rings is 1. The van der Waals surface area contributed by atoms with Crippen molar-refractivity contribution in [2.75, 3.05) is 11.9 Å². The predicted octanol–water partition coefficient (Wildman–Crippen LogP) is 2.57. The molecule has 0 aliphatic heterocycles. The average molecular weight is 407 g/mol. The number of anilines is 1. The maximum absolute atomic E-state index is 12.3. The van der Waals surface area contributed by atoms with E-state index in [0.717, 1.165) is 49.3 Å². The van der Waals surface area contributed by atoms with Crippen LogP contribution in [0.1, 0.15) is 46.5 Å². The van der Waals surface area contributed by atoms with Crippen molar-refractivity contribution in [1.82, 2.24) is 24.9 Å². The van der Waals surface area contributed by atoms with Crippen LogP contribution in [-0.2, 0) is 17.1 Å². The number of hydrogen-bond donors (Lipinski definition) is 2. The number of rotatable bonds is 6. The quantitative estimate of drug-likeness (QED) is 0.764. The highest BCUT2D eigenvalue weighted by atomic mass is 32.2. The van der Waals surface area contributed by atoms with Crippen LogP contribution in [0.25, 0.3) is 11.4 Å². The minimum absolute atomic E-state index is 0.0553. The zero-order valence-electron chi connectivity index (χ0n) is 17.0. The van der Waals surface area contributed by atoms with E-state index in [1.54, 1.807) is 25.5 Å². The maximum atomic E-state index is 12.3. The van der Waals surface area contributed by atoms with Gasteiger partial charge >= 0.3 is 0 Å². The van der Waals surface area contributed by atoms with E-state index < -0.39 is 14.8 Å². The summed E-state index contributed by atoms with van der Waals surface area (Å²) in [4.78, 5) is 0. The second kappa shape index (κ2) is 8.16. The van der Waals surface area contributed by atoms with E-state index in [2.05, 4.69) is 25.6 Å². The van der Waals surface area contributed by atoms with Crippen LogP contribution < -0.4 is 10.0 Å². The molecule has 3 rings (SSSR count). The first-order chi connectivity index (χ1) is 13.2. The fourth-order valence-electron chi connectivity index (χ4n) is 3.35.